The zero-order valence-corrected chi connectivity index (χ0v) is 12.6. The molecule has 0 aliphatic rings. The van der Waals surface area contributed by atoms with E-state index in [9.17, 15) is 4.79 Å². The molecule has 1 aromatic carbocycles. The highest BCUT2D eigenvalue weighted by molar-refractivity contribution is 6.27. The SMILES string of the molecule is CC(CCCN=C(N)CCl)C(=O)NCc1ccccc1. The van der Waals surface area contributed by atoms with Crippen LogP contribution in [0.3, 0.4) is 0 Å². The molecule has 0 saturated heterocycles. The van der Waals surface area contributed by atoms with E-state index in [2.05, 4.69) is 10.3 Å². The van der Waals surface area contributed by atoms with Crippen molar-refractivity contribution in [3.63, 3.8) is 0 Å². The van der Waals surface area contributed by atoms with Gasteiger partial charge in [0.25, 0.3) is 0 Å². The predicted octanol–water partition coefficient (Wildman–Crippen LogP) is 2.32. The van der Waals surface area contributed by atoms with Crippen molar-refractivity contribution in [3.8, 4) is 0 Å². The fraction of sp³-hybridized carbons (Fsp3) is 0.467. The Morgan fingerprint density at radius 1 is 1.40 bits per heavy atom. The van der Waals surface area contributed by atoms with Crippen LogP contribution in [0, 0.1) is 5.92 Å². The first kappa shape index (κ1) is 16.5. The molecule has 1 rings (SSSR count). The number of nitrogens with zero attached hydrogens (tertiary/aromatic N) is 1. The third-order valence-corrected chi connectivity index (χ3v) is 3.28. The summed E-state index contributed by atoms with van der Waals surface area (Å²) in [6, 6.07) is 9.87. The molecule has 5 heteroatoms. The van der Waals surface area contributed by atoms with Crippen LogP contribution < -0.4 is 11.1 Å². The molecule has 1 amide bonds. The van der Waals surface area contributed by atoms with Gasteiger partial charge in [0, 0.05) is 19.0 Å². The third kappa shape index (κ3) is 6.57. The standard InChI is InChI=1S/C15H22ClN3O/c1-12(6-5-9-18-14(17)10-16)15(20)19-11-13-7-3-2-4-8-13/h2-4,7-8,12H,5-6,9-11H2,1H3,(H2,17,18)(H,19,20). The largest absolute Gasteiger partial charge is 0.386 e. The summed E-state index contributed by atoms with van der Waals surface area (Å²) in [5.74, 6) is 0.759. The van der Waals surface area contributed by atoms with Crippen molar-refractivity contribution in [2.45, 2.75) is 26.3 Å². The lowest BCUT2D eigenvalue weighted by Gasteiger charge is -2.11. The van der Waals surface area contributed by atoms with Crippen molar-refractivity contribution in [1.82, 2.24) is 5.32 Å². The smallest absolute Gasteiger partial charge is 0.223 e. The Kier molecular flexibility index (Phi) is 7.73. The van der Waals surface area contributed by atoms with Crippen LogP contribution in [0.5, 0.6) is 0 Å². The zero-order valence-electron chi connectivity index (χ0n) is 11.8. The molecule has 0 fully saturated rings. The number of hydrogen-bond acceptors (Lipinski definition) is 2. The number of nitrogens with one attached hydrogen (secondary N) is 1. The van der Waals surface area contributed by atoms with Crippen molar-refractivity contribution in [3.05, 3.63) is 35.9 Å². The van der Waals surface area contributed by atoms with Crippen LogP contribution in [0.4, 0.5) is 0 Å². The Bertz CT molecular complexity index is 434. The molecule has 0 heterocycles. The van der Waals surface area contributed by atoms with E-state index in [-0.39, 0.29) is 17.7 Å². The number of carbonyl (C=O) groups is 1. The molecule has 1 atom stereocenters. The van der Waals surface area contributed by atoms with E-state index in [0.29, 0.717) is 18.9 Å². The maximum absolute atomic E-state index is 11.9. The molecule has 0 aliphatic carbocycles. The minimum absolute atomic E-state index is 0.0221. The van der Waals surface area contributed by atoms with Crippen LogP contribution >= 0.6 is 11.6 Å². The first-order chi connectivity index (χ1) is 9.63. The van der Waals surface area contributed by atoms with Crippen LogP contribution in [-0.2, 0) is 11.3 Å². The highest BCUT2D eigenvalue weighted by Gasteiger charge is 2.11. The Balaban J connectivity index is 2.22. The lowest BCUT2D eigenvalue weighted by atomic mass is 10.0. The number of amidine groups is 1. The fourth-order valence-corrected chi connectivity index (χ4v) is 1.84. The molecule has 20 heavy (non-hydrogen) atoms. The Labute approximate surface area is 125 Å². The number of aliphatic imine (C=N–C) groups is 1. The second kappa shape index (κ2) is 9.37. The summed E-state index contributed by atoms with van der Waals surface area (Å²) in [5.41, 5.74) is 6.60. The van der Waals surface area contributed by atoms with E-state index < -0.39 is 0 Å². The molecule has 110 valence electrons. The fourth-order valence-electron chi connectivity index (χ4n) is 1.75. The first-order valence-corrected chi connectivity index (χ1v) is 7.33. The summed E-state index contributed by atoms with van der Waals surface area (Å²) >= 11 is 5.52. The number of halogens is 1. The Hall–Kier alpha value is -1.55. The van der Waals surface area contributed by atoms with Gasteiger partial charge < -0.3 is 11.1 Å². The van der Waals surface area contributed by atoms with Crippen LogP contribution in [-0.4, -0.2) is 24.2 Å². The molecular weight excluding hydrogens is 274 g/mol. The second-order valence-corrected chi connectivity index (χ2v) is 5.02. The van der Waals surface area contributed by atoms with E-state index in [0.717, 1.165) is 18.4 Å². The van der Waals surface area contributed by atoms with Crippen molar-refractivity contribution in [2.75, 3.05) is 12.4 Å². The molecule has 0 radical (unpaired) electrons. The van der Waals surface area contributed by atoms with Gasteiger partial charge >= 0.3 is 0 Å². The lowest BCUT2D eigenvalue weighted by molar-refractivity contribution is -0.124. The number of alkyl halides is 1. The van der Waals surface area contributed by atoms with Crippen LogP contribution in [0.15, 0.2) is 35.3 Å². The van der Waals surface area contributed by atoms with Crippen molar-refractivity contribution >= 4 is 23.3 Å². The second-order valence-electron chi connectivity index (χ2n) is 4.75. The van der Waals surface area contributed by atoms with E-state index in [1.165, 1.54) is 0 Å². The minimum atomic E-state index is -0.0221. The molecule has 3 N–H and O–H groups in total. The molecule has 0 spiro atoms. The summed E-state index contributed by atoms with van der Waals surface area (Å²) in [4.78, 5) is 16.0. The van der Waals surface area contributed by atoms with Crippen molar-refractivity contribution in [2.24, 2.45) is 16.6 Å². The average Bonchev–Trinajstić information content (AvgIpc) is 2.49. The first-order valence-electron chi connectivity index (χ1n) is 6.80. The molecule has 4 nitrogen and oxygen atoms in total. The third-order valence-electron chi connectivity index (χ3n) is 3.00. The summed E-state index contributed by atoms with van der Waals surface area (Å²) in [7, 11) is 0. The van der Waals surface area contributed by atoms with E-state index in [4.69, 9.17) is 17.3 Å². The molecular formula is C15H22ClN3O. The number of nitrogens with two attached hydrogens (primary N) is 1. The quantitative estimate of drug-likeness (QED) is 0.334. The molecule has 1 unspecified atom stereocenters. The molecule has 0 saturated carbocycles. The van der Waals surface area contributed by atoms with Gasteiger partial charge in [0.1, 0.15) is 5.84 Å². The number of carbonyl (C=O) groups excluding carboxylic acids is 1. The Morgan fingerprint density at radius 2 is 2.10 bits per heavy atom. The van der Waals surface area contributed by atoms with Gasteiger partial charge in [-0.05, 0) is 18.4 Å². The van der Waals surface area contributed by atoms with Gasteiger partial charge in [-0.2, -0.15) is 0 Å². The summed E-state index contributed by atoms with van der Waals surface area (Å²) < 4.78 is 0. The molecule has 0 aliphatic heterocycles. The lowest BCUT2D eigenvalue weighted by Crippen LogP contribution is -2.28. The predicted molar refractivity (Wildman–Crippen MR) is 83.9 cm³/mol. The van der Waals surface area contributed by atoms with Crippen LogP contribution in [0.1, 0.15) is 25.3 Å². The average molecular weight is 296 g/mol. The number of benzene rings is 1. The van der Waals surface area contributed by atoms with Gasteiger partial charge in [-0.15, -0.1) is 11.6 Å². The van der Waals surface area contributed by atoms with Crippen LogP contribution in [0.25, 0.3) is 0 Å². The van der Waals surface area contributed by atoms with Crippen molar-refractivity contribution in [1.29, 1.82) is 0 Å². The monoisotopic (exact) mass is 295 g/mol. The van der Waals surface area contributed by atoms with Crippen molar-refractivity contribution < 1.29 is 4.79 Å². The van der Waals surface area contributed by atoms with E-state index in [1.807, 2.05) is 37.3 Å². The zero-order chi connectivity index (χ0) is 14.8. The number of amides is 1. The van der Waals surface area contributed by atoms with E-state index >= 15 is 0 Å². The highest BCUT2D eigenvalue weighted by atomic mass is 35.5. The normalized spacial score (nSPS) is 13.0. The Morgan fingerprint density at radius 3 is 2.75 bits per heavy atom. The maximum atomic E-state index is 11.9. The minimum Gasteiger partial charge on any atom is -0.386 e. The highest BCUT2D eigenvalue weighted by Crippen LogP contribution is 2.06. The van der Waals surface area contributed by atoms with Gasteiger partial charge in [0.05, 0.1) is 5.88 Å². The van der Waals surface area contributed by atoms with Gasteiger partial charge in [-0.1, -0.05) is 37.3 Å². The summed E-state index contributed by atoms with van der Waals surface area (Å²) in [5, 5.41) is 2.94. The summed E-state index contributed by atoms with van der Waals surface area (Å²) in [6.45, 7) is 3.12. The van der Waals surface area contributed by atoms with Gasteiger partial charge in [-0.3, -0.25) is 9.79 Å². The van der Waals surface area contributed by atoms with Gasteiger partial charge in [-0.25, -0.2) is 0 Å². The number of rotatable bonds is 8. The molecule has 1 aromatic rings. The van der Waals surface area contributed by atoms with E-state index in [1.54, 1.807) is 0 Å². The maximum Gasteiger partial charge on any atom is 0.223 e. The summed E-state index contributed by atoms with van der Waals surface area (Å²) in [6.07, 6.45) is 1.62. The number of hydrogen-bond donors (Lipinski definition) is 2. The van der Waals surface area contributed by atoms with Gasteiger partial charge in [0.15, 0.2) is 0 Å². The van der Waals surface area contributed by atoms with Crippen LogP contribution in [0.2, 0.25) is 0 Å². The molecule has 0 bridgehead atoms. The van der Waals surface area contributed by atoms with Gasteiger partial charge in [0.2, 0.25) is 5.91 Å². The molecule has 0 aromatic heterocycles. The topological polar surface area (TPSA) is 67.5 Å².